The topological polar surface area (TPSA) is 44.8 Å². The van der Waals surface area contributed by atoms with Crippen molar-refractivity contribution >= 4 is 21.9 Å². The molecule has 0 spiro atoms. The second-order valence-corrected chi connectivity index (χ2v) is 4.91. The van der Waals surface area contributed by atoms with Crippen molar-refractivity contribution in [3.8, 4) is 0 Å². The molecule has 13 heavy (non-hydrogen) atoms. The second-order valence-electron chi connectivity index (χ2n) is 2.92. The highest BCUT2D eigenvalue weighted by Crippen LogP contribution is 2.17. The Labute approximate surface area is 86.7 Å². The molecule has 0 unspecified atom stereocenters. The number of esters is 1. The van der Waals surface area contributed by atoms with Gasteiger partial charge in [-0.15, -0.1) is 0 Å². The Kier molecular flexibility index (Phi) is 6.28. The van der Waals surface area contributed by atoms with Crippen molar-refractivity contribution in [1.82, 2.24) is 0 Å². The number of carbonyl (C=O) groups is 1. The molecule has 0 aliphatic rings. The Morgan fingerprint density at radius 3 is 2.46 bits per heavy atom. The van der Waals surface area contributed by atoms with E-state index in [4.69, 9.17) is 14.2 Å². The molecule has 0 radical (unpaired) electrons. The van der Waals surface area contributed by atoms with E-state index >= 15 is 0 Å². The minimum absolute atomic E-state index is 0.0305. The Morgan fingerprint density at radius 2 is 2.00 bits per heavy atom. The van der Waals surface area contributed by atoms with Gasteiger partial charge in [0, 0.05) is 7.11 Å². The predicted molar refractivity (Wildman–Crippen MR) is 51.8 cm³/mol. The molecule has 0 amide bonds. The molecule has 0 aliphatic heterocycles. The van der Waals surface area contributed by atoms with E-state index in [-0.39, 0.29) is 12.8 Å². The van der Waals surface area contributed by atoms with Crippen LogP contribution in [-0.2, 0) is 19.0 Å². The molecule has 4 nitrogen and oxygen atoms in total. The number of ether oxygens (including phenoxy) is 3. The highest BCUT2D eigenvalue weighted by atomic mass is 79.9. The van der Waals surface area contributed by atoms with Gasteiger partial charge in [0.2, 0.25) is 0 Å². The summed E-state index contributed by atoms with van der Waals surface area (Å²) in [5, 5.41) is 0. The fourth-order valence-corrected chi connectivity index (χ4v) is 0.582. The van der Waals surface area contributed by atoms with Gasteiger partial charge < -0.3 is 14.2 Å². The van der Waals surface area contributed by atoms with E-state index in [1.54, 1.807) is 21.0 Å². The standard InChI is InChI=1S/C8H15BrO4/c1-8(2,9)7(10)13-6-12-5-4-11-3/h4-6H2,1-3H3. The maximum Gasteiger partial charge on any atom is 0.324 e. The van der Waals surface area contributed by atoms with Gasteiger partial charge in [0.15, 0.2) is 6.79 Å². The van der Waals surface area contributed by atoms with Gasteiger partial charge in [0.05, 0.1) is 13.2 Å². The first-order chi connectivity index (χ1) is 5.98. The van der Waals surface area contributed by atoms with Gasteiger partial charge in [0.25, 0.3) is 0 Å². The molecule has 5 heteroatoms. The van der Waals surface area contributed by atoms with Crippen LogP contribution in [0.15, 0.2) is 0 Å². The van der Waals surface area contributed by atoms with E-state index in [0.717, 1.165) is 0 Å². The van der Waals surface area contributed by atoms with Crippen LogP contribution in [0.2, 0.25) is 0 Å². The summed E-state index contributed by atoms with van der Waals surface area (Å²) >= 11 is 3.17. The van der Waals surface area contributed by atoms with E-state index in [1.165, 1.54) is 0 Å². The normalized spacial score (nSPS) is 11.4. The molecule has 0 N–H and O–H groups in total. The van der Waals surface area contributed by atoms with Crippen molar-refractivity contribution in [2.45, 2.75) is 18.2 Å². The summed E-state index contributed by atoms with van der Waals surface area (Å²) in [5.41, 5.74) is 0. The molecular formula is C8H15BrO4. The lowest BCUT2D eigenvalue weighted by Crippen LogP contribution is -2.27. The van der Waals surface area contributed by atoms with Gasteiger partial charge in [-0.3, -0.25) is 4.79 Å². The lowest BCUT2D eigenvalue weighted by Gasteiger charge is -2.14. The summed E-state index contributed by atoms with van der Waals surface area (Å²) in [6.07, 6.45) is 0. The quantitative estimate of drug-likeness (QED) is 0.311. The van der Waals surface area contributed by atoms with E-state index in [0.29, 0.717) is 13.2 Å². The summed E-state index contributed by atoms with van der Waals surface area (Å²) in [5.74, 6) is -0.343. The minimum atomic E-state index is -0.655. The monoisotopic (exact) mass is 254 g/mol. The van der Waals surface area contributed by atoms with Gasteiger partial charge in [-0.1, -0.05) is 15.9 Å². The average Bonchev–Trinajstić information content (AvgIpc) is 2.02. The zero-order valence-electron chi connectivity index (χ0n) is 8.13. The number of alkyl halides is 1. The third kappa shape index (κ3) is 6.98. The maximum absolute atomic E-state index is 11.1. The van der Waals surface area contributed by atoms with Crippen LogP contribution >= 0.6 is 15.9 Å². The number of hydrogen-bond donors (Lipinski definition) is 0. The molecule has 0 bridgehead atoms. The van der Waals surface area contributed by atoms with Crippen molar-refractivity contribution in [2.75, 3.05) is 27.1 Å². The summed E-state index contributed by atoms with van der Waals surface area (Å²) in [7, 11) is 1.58. The van der Waals surface area contributed by atoms with Gasteiger partial charge in [-0.25, -0.2) is 0 Å². The maximum atomic E-state index is 11.1. The highest BCUT2D eigenvalue weighted by molar-refractivity contribution is 9.10. The molecule has 0 aromatic rings. The van der Waals surface area contributed by atoms with Gasteiger partial charge in [0.1, 0.15) is 4.32 Å². The largest absolute Gasteiger partial charge is 0.437 e. The first-order valence-electron chi connectivity index (χ1n) is 3.91. The zero-order chi connectivity index (χ0) is 10.3. The van der Waals surface area contributed by atoms with Crippen molar-refractivity contribution in [3.05, 3.63) is 0 Å². The number of hydrogen-bond acceptors (Lipinski definition) is 4. The Balaban J connectivity index is 3.38. The van der Waals surface area contributed by atoms with Crippen LogP contribution in [0.1, 0.15) is 13.8 Å². The zero-order valence-corrected chi connectivity index (χ0v) is 9.72. The number of carbonyl (C=O) groups excluding carboxylic acids is 1. The third-order valence-electron chi connectivity index (χ3n) is 1.19. The first kappa shape index (κ1) is 12.9. The van der Waals surface area contributed by atoms with Crippen molar-refractivity contribution in [1.29, 1.82) is 0 Å². The Hall–Kier alpha value is -0.130. The molecule has 78 valence electrons. The van der Waals surface area contributed by atoms with Crippen LogP contribution in [-0.4, -0.2) is 37.4 Å². The fraction of sp³-hybridized carbons (Fsp3) is 0.875. The fourth-order valence-electron chi connectivity index (χ4n) is 0.468. The smallest absolute Gasteiger partial charge is 0.324 e. The van der Waals surface area contributed by atoms with Crippen LogP contribution < -0.4 is 0 Å². The van der Waals surface area contributed by atoms with E-state index in [9.17, 15) is 4.79 Å². The molecule has 0 fully saturated rings. The average molecular weight is 255 g/mol. The van der Waals surface area contributed by atoms with Gasteiger partial charge in [-0.2, -0.15) is 0 Å². The van der Waals surface area contributed by atoms with Crippen LogP contribution in [0.5, 0.6) is 0 Å². The highest BCUT2D eigenvalue weighted by Gasteiger charge is 2.25. The molecular weight excluding hydrogens is 240 g/mol. The second kappa shape index (κ2) is 6.34. The number of rotatable bonds is 6. The molecule has 0 rings (SSSR count). The van der Waals surface area contributed by atoms with Crippen LogP contribution in [0.4, 0.5) is 0 Å². The molecule has 0 aromatic heterocycles. The van der Waals surface area contributed by atoms with E-state index < -0.39 is 4.32 Å². The van der Waals surface area contributed by atoms with Crippen LogP contribution in [0, 0.1) is 0 Å². The van der Waals surface area contributed by atoms with Crippen molar-refractivity contribution in [3.63, 3.8) is 0 Å². The number of methoxy groups -OCH3 is 1. The molecule has 0 aliphatic carbocycles. The Bertz CT molecular complexity index is 153. The van der Waals surface area contributed by atoms with E-state index in [2.05, 4.69) is 15.9 Å². The van der Waals surface area contributed by atoms with E-state index in [1.807, 2.05) is 0 Å². The van der Waals surface area contributed by atoms with Gasteiger partial charge in [-0.05, 0) is 13.8 Å². The summed E-state index contributed by atoms with van der Waals surface area (Å²) < 4.78 is 13.8. The summed E-state index contributed by atoms with van der Waals surface area (Å²) in [4.78, 5) is 11.1. The third-order valence-corrected chi connectivity index (χ3v) is 1.51. The Morgan fingerprint density at radius 1 is 1.38 bits per heavy atom. The summed E-state index contributed by atoms with van der Waals surface area (Å²) in [6, 6.07) is 0. The minimum Gasteiger partial charge on any atom is -0.437 e. The lowest BCUT2D eigenvalue weighted by molar-refractivity contribution is -0.158. The molecule has 0 atom stereocenters. The molecule has 0 saturated heterocycles. The predicted octanol–water partition coefficient (Wildman–Crippen LogP) is 1.32. The molecule has 0 heterocycles. The molecule has 0 saturated carbocycles. The van der Waals surface area contributed by atoms with Crippen LogP contribution in [0.25, 0.3) is 0 Å². The summed E-state index contributed by atoms with van der Waals surface area (Å²) in [6.45, 7) is 4.31. The SMILES string of the molecule is COCCOCOC(=O)C(C)(C)Br. The first-order valence-corrected chi connectivity index (χ1v) is 4.70. The van der Waals surface area contributed by atoms with Crippen molar-refractivity contribution in [2.24, 2.45) is 0 Å². The number of halogens is 1. The van der Waals surface area contributed by atoms with Crippen molar-refractivity contribution < 1.29 is 19.0 Å². The lowest BCUT2D eigenvalue weighted by atomic mass is 10.2. The molecule has 0 aromatic carbocycles. The van der Waals surface area contributed by atoms with Gasteiger partial charge >= 0.3 is 5.97 Å². The van der Waals surface area contributed by atoms with Crippen LogP contribution in [0.3, 0.4) is 0 Å².